The minimum absolute atomic E-state index is 0.0764. The van der Waals surface area contributed by atoms with E-state index in [2.05, 4.69) is 5.32 Å². The number of nitrogens with zero attached hydrogens (tertiary/aromatic N) is 1. The van der Waals surface area contributed by atoms with Gasteiger partial charge in [0.1, 0.15) is 5.82 Å². The fraction of sp³-hybridized carbons (Fsp3) is 0.462. The van der Waals surface area contributed by atoms with Crippen LogP contribution in [-0.2, 0) is 4.79 Å². The number of nitrogens with one attached hydrogen (secondary N) is 1. The van der Waals surface area contributed by atoms with Crippen LogP contribution in [0.4, 0.5) is 10.1 Å². The lowest BCUT2D eigenvalue weighted by molar-refractivity contribution is -0.118. The molecule has 0 radical (unpaired) electrons. The number of carbonyl (C=O) groups is 1. The zero-order valence-electron chi connectivity index (χ0n) is 10.2. The van der Waals surface area contributed by atoms with E-state index >= 15 is 0 Å². The van der Waals surface area contributed by atoms with Crippen molar-refractivity contribution >= 4 is 11.6 Å². The second-order valence-electron chi connectivity index (χ2n) is 4.59. The van der Waals surface area contributed by atoms with Crippen LogP contribution in [0.25, 0.3) is 0 Å². The molecule has 0 atom stereocenters. The second-order valence-corrected chi connectivity index (χ2v) is 4.59. The van der Waals surface area contributed by atoms with Gasteiger partial charge in [0.2, 0.25) is 5.91 Å². The summed E-state index contributed by atoms with van der Waals surface area (Å²) in [5.41, 5.74) is 1.34. The summed E-state index contributed by atoms with van der Waals surface area (Å²) in [6, 6.07) is 5.11. The smallest absolute Gasteiger partial charge is 0.241 e. The monoisotopic (exact) mass is 236 g/mol. The van der Waals surface area contributed by atoms with Crippen LogP contribution in [0.1, 0.15) is 25.3 Å². The molecule has 0 saturated carbocycles. The standard InChI is InChI=1S/C13H17FN2O/c1-9(2)10-3-4-12(11(14)7-10)16-6-5-15-8-13(16)17/h3-4,7,9,15H,5-6,8H2,1-2H3. The number of amides is 1. The maximum atomic E-state index is 14.0. The zero-order chi connectivity index (χ0) is 12.4. The van der Waals surface area contributed by atoms with Gasteiger partial charge in [-0.1, -0.05) is 19.9 Å². The number of anilines is 1. The van der Waals surface area contributed by atoms with Crippen LogP contribution < -0.4 is 10.2 Å². The van der Waals surface area contributed by atoms with Crippen molar-refractivity contribution in [2.24, 2.45) is 0 Å². The normalized spacial score (nSPS) is 16.7. The van der Waals surface area contributed by atoms with E-state index in [-0.39, 0.29) is 24.2 Å². The largest absolute Gasteiger partial charge is 0.307 e. The average molecular weight is 236 g/mol. The highest BCUT2D eigenvalue weighted by molar-refractivity contribution is 5.95. The Morgan fingerprint density at radius 1 is 1.41 bits per heavy atom. The van der Waals surface area contributed by atoms with Crippen molar-refractivity contribution in [3.8, 4) is 0 Å². The summed E-state index contributed by atoms with van der Waals surface area (Å²) in [5.74, 6) is -0.101. The number of hydrogen-bond acceptors (Lipinski definition) is 2. The summed E-state index contributed by atoms with van der Waals surface area (Å²) in [5, 5.41) is 2.97. The van der Waals surface area contributed by atoms with Crippen molar-refractivity contribution in [2.75, 3.05) is 24.5 Å². The Hall–Kier alpha value is -1.42. The number of rotatable bonds is 2. The van der Waals surface area contributed by atoms with Gasteiger partial charge in [0.15, 0.2) is 0 Å². The summed E-state index contributed by atoms with van der Waals surface area (Å²) in [6.07, 6.45) is 0. The van der Waals surface area contributed by atoms with E-state index in [1.54, 1.807) is 6.07 Å². The first-order valence-corrected chi connectivity index (χ1v) is 5.90. The van der Waals surface area contributed by atoms with Gasteiger partial charge in [0.05, 0.1) is 12.2 Å². The topological polar surface area (TPSA) is 32.3 Å². The molecule has 0 spiro atoms. The zero-order valence-corrected chi connectivity index (χ0v) is 10.2. The first-order chi connectivity index (χ1) is 8.09. The SMILES string of the molecule is CC(C)c1ccc(N2CCNCC2=O)c(F)c1. The molecule has 1 aromatic rings. The summed E-state index contributed by atoms with van der Waals surface area (Å²) >= 11 is 0. The van der Waals surface area contributed by atoms with E-state index in [1.165, 1.54) is 11.0 Å². The minimum Gasteiger partial charge on any atom is -0.307 e. The Kier molecular flexibility index (Phi) is 3.43. The third-order valence-electron chi connectivity index (χ3n) is 3.02. The number of piperazine rings is 1. The summed E-state index contributed by atoms with van der Waals surface area (Å²) in [6.45, 7) is 5.55. The fourth-order valence-electron chi connectivity index (χ4n) is 1.96. The van der Waals surface area contributed by atoms with Crippen LogP contribution in [0.2, 0.25) is 0 Å². The molecule has 1 aliphatic heterocycles. The van der Waals surface area contributed by atoms with Gasteiger partial charge < -0.3 is 10.2 Å². The van der Waals surface area contributed by atoms with Crippen LogP contribution in [0.3, 0.4) is 0 Å². The number of hydrogen-bond donors (Lipinski definition) is 1. The lowest BCUT2D eigenvalue weighted by Gasteiger charge is -2.28. The Bertz CT molecular complexity index is 431. The van der Waals surface area contributed by atoms with Crippen molar-refractivity contribution in [3.05, 3.63) is 29.6 Å². The Morgan fingerprint density at radius 2 is 2.18 bits per heavy atom. The number of carbonyl (C=O) groups excluding carboxylic acids is 1. The predicted octanol–water partition coefficient (Wildman–Crippen LogP) is 1.89. The Labute approximate surface area is 101 Å². The highest BCUT2D eigenvalue weighted by atomic mass is 19.1. The maximum absolute atomic E-state index is 14.0. The van der Waals surface area contributed by atoms with Crippen LogP contribution in [0, 0.1) is 5.82 Å². The molecule has 3 nitrogen and oxygen atoms in total. The molecule has 1 heterocycles. The van der Waals surface area contributed by atoms with Gasteiger partial charge in [-0.3, -0.25) is 4.79 Å². The molecule has 0 aliphatic carbocycles. The van der Waals surface area contributed by atoms with Gasteiger partial charge >= 0.3 is 0 Å². The molecule has 1 N–H and O–H groups in total. The third-order valence-corrected chi connectivity index (χ3v) is 3.02. The number of benzene rings is 1. The van der Waals surface area contributed by atoms with Crippen LogP contribution >= 0.6 is 0 Å². The van der Waals surface area contributed by atoms with E-state index in [1.807, 2.05) is 19.9 Å². The molecular weight excluding hydrogens is 219 g/mol. The van der Waals surface area contributed by atoms with Crippen LogP contribution in [-0.4, -0.2) is 25.5 Å². The Morgan fingerprint density at radius 3 is 2.76 bits per heavy atom. The molecule has 1 saturated heterocycles. The third kappa shape index (κ3) is 2.47. The first-order valence-electron chi connectivity index (χ1n) is 5.90. The predicted molar refractivity (Wildman–Crippen MR) is 65.7 cm³/mol. The van der Waals surface area contributed by atoms with Gasteiger partial charge in [0.25, 0.3) is 0 Å². The first kappa shape index (κ1) is 12.0. The molecule has 4 heteroatoms. The highest BCUT2D eigenvalue weighted by Gasteiger charge is 2.22. The molecule has 0 aromatic heterocycles. The quantitative estimate of drug-likeness (QED) is 0.850. The summed E-state index contributed by atoms with van der Waals surface area (Å²) < 4.78 is 14.0. The molecular formula is C13H17FN2O. The van der Waals surface area contributed by atoms with Crippen molar-refractivity contribution < 1.29 is 9.18 Å². The molecule has 1 amide bonds. The summed E-state index contributed by atoms with van der Waals surface area (Å²) in [7, 11) is 0. The average Bonchev–Trinajstić information content (AvgIpc) is 2.30. The molecule has 0 unspecified atom stereocenters. The lowest BCUT2D eigenvalue weighted by atomic mass is 10.0. The molecule has 1 aliphatic rings. The minimum atomic E-state index is -0.313. The van der Waals surface area contributed by atoms with Crippen LogP contribution in [0.5, 0.6) is 0 Å². The van der Waals surface area contributed by atoms with E-state index in [0.29, 0.717) is 18.8 Å². The van der Waals surface area contributed by atoms with Gasteiger partial charge in [-0.2, -0.15) is 0 Å². The van der Waals surface area contributed by atoms with Gasteiger partial charge in [-0.15, -0.1) is 0 Å². The molecule has 1 aromatic carbocycles. The van der Waals surface area contributed by atoms with E-state index < -0.39 is 0 Å². The summed E-state index contributed by atoms with van der Waals surface area (Å²) in [4.78, 5) is 13.2. The molecule has 0 bridgehead atoms. The highest BCUT2D eigenvalue weighted by Crippen LogP contribution is 2.24. The fourth-order valence-corrected chi connectivity index (χ4v) is 1.96. The van der Waals surface area contributed by atoms with Crippen molar-refractivity contribution in [3.63, 3.8) is 0 Å². The molecule has 2 rings (SSSR count). The number of halogens is 1. The van der Waals surface area contributed by atoms with Gasteiger partial charge in [-0.25, -0.2) is 4.39 Å². The second kappa shape index (κ2) is 4.84. The maximum Gasteiger partial charge on any atom is 0.241 e. The van der Waals surface area contributed by atoms with Crippen LogP contribution in [0.15, 0.2) is 18.2 Å². The van der Waals surface area contributed by atoms with Gasteiger partial charge in [-0.05, 0) is 23.6 Å². The van der Waals surface area contributed by atoms with Crippen molar-refractivity contribution in [1.82, 2.24) is 5.32 Å². The molecule has 92 valence electrons. The van der Waals surface area contributed by atoms with E-state index in [9.17, 15) is 9.18 Å². The van der Waals surface area contributed by atoms with Crippen molar-refractivity contribution in [2.45, 2.75) is 19.8 Å². The van der Waals surface area contributed by atoms with Crippen molar-refractivity contribution in [1.29, 1.82) is 0 Å². The lowest BCUT2D eigenvalue weighted by Crippen LogP contribution is -2.48. The van der Waals surface area contributed by atoms with Gasteiger partial charge in [0, 0.05) is 13.1 Å². The van der Waals surface area contributed by atoms with E-state index in [4.69, 9.17) is 0 Å². The Balaban J connectivity index is 2.29. The molecule has 17 heavy (non-hydrogen) atoms. The van der Waals surface area contributed by atoms with E-state index in [0.717, 1.165) is 5.56 Å². The molecule has 1 fully saturated rings.